The van der Waals surface area contributed by atoms with Crippen LogP contribution in [-0.2, 0) is 9.53 Å². The molecule has 35 heavy (non-hydrogen) atoms. The highest BCUT2D eigenvalue weighted by molar-refractivity contribution is 5.83. The second-order valence-electron chi connectivity index (χ2n) is 8.70. The molecule has 0 bridgehead atoms. The summed E-state index contributed by atoms with van der Waals surface area (Å²) in [6.45, 7) is 6.97. The molecule has 0 unspecified atom stereocenters. The van der Waals surface area contributed by atoms with Gasteiger partial charge in [-0.05, 0) is 19.1 Å². The van der Waals surface area contributed by atoms with Crippen LogP contribution in [0.4, 0.5) is 20.4 Å². The number of halogens is 2. The third-order valence-corrected chi connectivity index (χ3v) is 6.25. The Kier molecular flexibility index (Phi) is 6.48. The standard InChI is InChI=1S/C23H27F2N7O3/c1-15(33)14-29-5-7-30(8-6-29)18-13-19(31-9-11-35-12-10-31)27-23(26-18)32-16-3-2-4-17(34)20(16)28-22(32)21(24)25/h2-4,13,21,34H,5-12,14H2,1H3. The molecule has 1 aromatic carbocycles. The van der Waals surface area contributed by atoms with Gasteiger partial charge in [0.25, 0.3) is 6.43 Å². The molecule has 0 radical (unpaired) electrons. The lowest BCUT2D eigenvalue weighted by Crippen LogP contribution is -2.48. The summed E-state index contributed by atoms with van der Waals surface area (Å²) in [5.74, 6) is 0.695. The summed E-state index contributed by atoms with van der Waals surface area (Å²) in [5.41, 5.74) is 0.374. The lowest BCUT2D eigenvalue weighted by Gasteiger charge is -2.35. The van der Waals surface area contributed by atoms with Crippen molar-refractivity contribution in [3.8, 4) is 11.7 Å². The molecular weight excluding hydrogens is 460 g/mol. The predicted molar refractivity (Wildman–Crippen MR) is 126 cm³/mol. The lowest BCUT2D eigenvalue weighted by atomic mass is 10.2. The summed E-state index contributed by atoms with van der Waals surface area (Å²) in [4.78, 5) is 31.1. The summed E-state index contributed by atoms with van der Waals surface area (Å²) in [6.07, 6.45) is -2.89. The number of carbonyl (C=O) groups excluding carboxylic acids is 1. The molecule has 5 rings (SSSR count). The number of hydrogen-bond donors (Lipinski definition) is 1. The molecule has 3 aromatic rings. The maximum absolute atomic E-state index is 14.0. The molecule has 1 N–H and O–H groups in total. The van der Waals surface area contributed by atoms with E-state index in [0.717, 1.165) is 0 Å². The average Bonchev–Trinajstić information content (AvgIpc) is 3.26. The fourth-order valence-electron chi connectivity index (χ4n) is 4.54. The zero-order valence-corrected chi connectivity index (χ0v) is 19.4. The van der Waals surface area contributed by atoms with E-state index in [1.807, 2.05) is 11.0 Å². The van der Waals surface area contributed by atoms with Crippen LogP contribution >= 0.6 is 0 Å². The van der Waals surface area contributed by atoms with E-state index in [2.05, 4.69) is 24.8 Å². The van der Waals surface area contributed by atoms with Crippen LogP contribution in [0.15, 0.2) is 24.3 Å². The van der Waals surface area contributed by atoms with Gasteiger partial charge < -0.3 is 19.6 Å². The highest BCUT2D eigenvalue weighted by atomic mass is 19.3. The first-order valence-electron chi connectivity index (χ1n) is 11.6. The van der Waals surface area contributed by atoms with E-state index in [0.29, 0.717) is 76.2 Å². The van der Waals surface area contributed by atoms with E-state index in [4.69, 9.17) is 4.74 Å². The molecule has 0 spiro atoms. The van der Waals surface area contributed by atoms with Gasteiger partial charge in [-0.15, -0.1) is 0 Å². The Morgan fingerprint density at radius 3 is 2.31 bits per heavy atom. The van der Waals surface area contributed by atoms with Crippen LogP contribution in [0.5, 0.6) is 5.75 Å². The smallest absolute Gasteiger partial charge is 0.296 e. The van der Waals surface area contributed by atoms with Gasteiger partial charge in [0, 0.05) is 45.3 Å². The number of carbonyl (C=O) groups is 1. The van der Waals surface area contributed by atoms with E-state index < -0.39 is 12.2 Å². The van der Waals surface area contributed by atoms with Gasteiger partial charge in [0.1, 0.15) is 28.7 Å². The minimum absolute atomic E-state index is 0.0681. The monoisotopic (exact) mass is 487 g/mol. The van der Waals surface area contributed by atoms with E-state index in [9.17, 15) is 18.7 Å². The summed E-state index contributed by atoms with van der Waals surface area (Å²) in [6, 6.07) is 6.46. The Morgan fingerprint density at radius 2 is 1.69 bits per heavy atom. The van der Waals surface area contributed by atoms with Crippen molar-refractivity contribution < 1.29 is 23.4 Å². The highest BCUT2D eigenvalue weighted by Gasteiger charge is 2.27. The van der Waals surface area contributed by atoms with Crippen molar-refractivity contribution in [2.75, 3.05) is 68.8 Å². The molecule has 0 aliphatic carbocycles. The molecule has 0 amide bonds. The number of para-hydroxylation sites is 1. The number of Topliss-reactive ketones (excluding diaryl/α,β-unsaturated/α-hetero) is 1. The van der Waals surface area contributed by atoms with Gasteiger partial charge in [0.2, 0.25) is 5.95 Å². The number of fused-ring (bicyclic) bond motifs is 1. The van der Waals surface area contributed by atoms with Gasteiger partial charge >= 0.3 is 0 Å². The molecule has 186 valence electrons. The molecule has 2 saturated heterocycles. The second-order valence-corrected chi connectivity index (χ2v) is 8.70. The number of ether oxygens (including phenoxy) is 1. The van der Waals surface area contributed by atoms with Crippen molar-refractivity contribution in [2.45, 2.75) is 13.3 Å². The number of hydrogen-bond acceptors (Lipinski definition) is 9. The summed E-state index contributed by atoms with van der Waals surface area (Å²) in [5, 5.41) is 10.2. The zero-order chi connectivity index (χ0) is 24.5. The first-order valence-corrected chi connectivity index (χ1v) is 11.6. The number of phenolic OH excluding ortho intramolecular Hbond substituents is 1. The average molecular weight is 488 g/mol. The number of morpholine rings is 1. The van der Waals surface area contributed by atoms with Crippen molar-refractivity contribution in [3.05, 3.63) is 30.1 Å². The van der Waals surface area contributed by atoms with Crippen molar-refractivity contribution in [3.63, 3.8) is 0 Å². The molecule has 0 atom stereocenters. The van der Waals surface area contributed by atoms with Crippen LogP contribution in [0.3, 0.4) is 0 Å². The highest BCUT2D eigenvalue weighted by Crippen LogP contribution is 2.32. The maximum Gasteiger partial charge on any atom is 0.296 e. The van der Waals surface area contributed by atoms with Gasteiger partial charge in [-0.25, -0.2) is 13.8 Å². The Balaban J connectivity index is 1.58. The Morgan fingerprint density at radius 1 is 1.03 bits per heavy atom. The normalized spacial score (nSPS) is 17.5. The number of anilines is 2. The Labute approximate surface area is 200 Å². The van der Waals surface area contributed by atoms with Gasteiger partial charge in [-0.3, -0.25) is 14.3 Å². The summed E-state index contributed by atoms with van der Waals surface area (Å²) in [7, 11) is 0. The SMILES string of the molecule is CC(=O)CN1CCN(c2cc(N3CCOCC3)nc(-n3c(C(F)F)nc4c(O)cccc43)n2)CC1. The fraction of sp³-hybridized carbons (Fsp3) is 0.478. The molecule has 4 heterocycles. The Hall–Kier alpha value is -3.38. The number of alkyl halides is 2. The van der Waals surface area contributed by atoms with Crippen molar-refractivity contribution in [1.82, 2.24) is 24.4 Å². The van der Waals surface area contributed by atoms with Crippen LogP contribution in [-0.4, -0.2) is 94.3 Å². The largest absolute Gasteiger partial charge is 0.506 e. The first-order chi connectivity index (χ1) is 16.9. The van der Waals surface area contributed by atoms with Crippen molar-refractivity contribution in [2.24, 2.45) is 0 Å². The molecule has 2 fully saturated rings. The van der Waals surface area contributed by atoms with Crippen LogP contribution in [0.2, 0.25) is 0 Å². The van der Waals surface area contributed by atoms with Crippen LogP contribution < -0.4 is 9.80 Å². The number of aromatic nitrogens is 4. The summed E-state index contributed by atoms with van der Waals surface area (Å²) >= 11 is 0. The van der Waals surface area contributed by atoms with Crippen LogP contribution in [0.1, 0.15) is 19.2 Å². The molecule has 0 saturated carbocycles. The third-order valence-electron chi connectivity index (χ3n) is 6.25. The number of aromatic hydroxyl groups is 1. The second kappa shape index (κ2) is 9.70. The van der Waals surface area contributed by atoms with Gasteiger partial charge in [-0.2, -0.15) is 9.97 Å². The van der Waals surface area contributed by atoms with Crippen molar-refractivity contribution >= 4 is 28.5 Å². The minimum atomic E-state index is -2.89. The molecule has 2 aliphatic rings. The number of nitrogens with zero attached hydrogens (tertiary/aromatic N) is 7. The lowest BCUT2D eigenvalue weighted by molar-refractivity contribution is -0.118. The van der Waals surface area contributed by atoms with Crippen LogP contribution in [0, 0.1) is 0 Å². The van der Waals surface area contributed by atoms with Crippen molar-refractivity contribution in [1.29, 1.82) is 0 Å². The quantitative estimate of drug-likeness (QED) is 0.560. The predicted octanol–water partition coefficient (Wildman–Crippen LogP) is 2.01. The first kappa shape index (κ1) is 23.4. The van der Waals surface area contributed by atoms with E-state index in [-0.39, 0.29) is 23.0 Å². The Bertz CT molecular complexity index is 1220. The molecule has 12 heteroatoms. The fourth-order valence-corrected chi connectivity index (χ4v) is 4.54. The summed E-state index contributed by atoms with van der Waals surface area (Å²) < 4.78 is 34.8. The third kappa shape index (κ3) is 4.76. The number of piperazine rings is 1. The molecule has 10 nitrogen and oxygen atoms in total. The number of rotatable bonds is 6. The van der Waals surface area contributed by atoms with E-state index in [1.54, 1.807) is 19.1 Å². The topological polar surface area (TPSA) is 99.9 Å². The maximum atomic E-state index is 14.0. The molecular formula is C23H27F2N7O3. The minimum Gasteiger partial charge on any atom is -0.506 e. The van der Waals surface area contributed by atoms with Crippen LogP contribution in [0.25, 0.3) is 17.0 Å². The van der Waals surface area contributed by atoms with E-state index >= 15 is 0 Å². The molecule has 2 aliphatic heterocycles. The number of phenols is 1. The number of benzene rings is 1. The van der Waals surface area contributed by atoms with Gasteiger partial charge in [0.05, 0.1) is 25.3 Å². The number of ketones is 1. The zero-order valence-electron chi connectivity index (χ0n) is 19.4. The van der Waals surface area contributed by atoms with Gasteiger partial charge in [0.15, 0.2) is 5.82 Å². The van der Waals surface area contributed by atoms with Gasteiger partial charge in [-0.1, -0.05) is 6.07 Å². The molecule has 2 aromatic heterocycles. The van der Waals surface area contributed by atoms with E-state index in [1.165, 1.54) is 10.6 Å². The number of imidazole rings is 1.